The number of anilines is 1. The molecule has 40 heavy (non-hydrogen) atoms. The van der Waals surface area contributed by atoms with Gasteiger partial charge >= 0.3 is 0 Å². The van der Waals surface area contributed by atoms with Crippen LogP contribution in [0, 0.1) is 10.9 Å². The van der Waals surface area contributed by atoms with E-state index in [9.17, 15) is 9.59 Å². The number of nitrogens with zero attached hydrogens (tertiary/aromatic N) is 3. The number of aromatic nitrogens is 3. The van der Waals surface area contributed by atoms with E-state index in [0.29, 0.717) is 31.8 Å². The van der Waals surface area contributed by atoms with E-state index < -0.39 is 0 Å². The highest BCUT2D eigenvalue weighted by molar-refractivity contribution is 7.99. The maximum Gasteiger partial charge on any atom is 0.278 e. The molecular formula is C30H28N4O3S3. The maximum atomic E-state index is 13.9. The standard InChI is InChI=1S/C30H28N4O3S3/c1-4-20-8-6-7-9-24(20)31-25(35)18-39-29-32-27-26(28(36)34(29)22-12-10-19(3)11-13-22)40-30(38)33(27)21-14-16-23(17-15-21)37-5-2/h6-17H,4-5,18H2,1-3H3,(H,31,35). The van der Waals surface area contributed by atoms with Gasteiger partial charge in [0.25, 0.3) is 5.56 Å². The lowest BCUT2D eigenvalue weighted by atomic mass is 10.1. The van der Waals surface area contributed by atoms with E-state index in [1.807, 2.05) is 93.6 Å². The molecule has 0 fully saturated rings. The smallest absolute Gasteiger partial charge is 0.278 e. The third kappa shape index (κ3) is 5.74. The molecule has 2 aromatic heterocycles. The second-order valence-corrected chi connectivity index (χ2v) is 11.6. The first-order chi connectivity index (χ1) is 19.4. The maximum absolute atomic E-state index is 13.9. The van der Waals surface area contributed by atoms with Crippen LogP contribution in [0.4, 0.5) is 5.69 Å². The second-order valence-electron chi connectivity index (χ2n) is 9.00. The Balaban J connectivity index is 1.57. The number of carbonyl (C=O) groups excluding carboxylic acids is 1. The first-order valence-corrected chi connectivity index (χ1v) is 15.1. The minimum Gasteiger partial charge on any atom is -0.494 e. The summed E-state index contributed by atoms with van der Waals surface area (Å²) in [6.45, 7) is 6.54. The molecule has 5 aromatic rings. The van der Waals surface area contributed by atoms with Crippen LogP contribution in [0.25, 0.3) is 21.7 Å². The van der Waals surface area contributed by atoms with Crippen LogP contribution < -0.4 is 15.6 Å². The number of nitrogens with one attached hydrogen (secondary N) is 1. The average molecular weight is 589 g/mol. The molecule has 0 unspecified atom stereocenters. The Bertz CT molecular complexity index is 1790. The van der Waals surface area contributed by atoms with Crippen molar-refractivity contribution in [2.45, 2.75) is 32.3 Å². The molecule has 0 atom stereocenters. The summed E-state index contributed by atoms with van der Waals surface area (Å²) in [5.41, 5.74) is 4.62. The van der Waals surface area contributed by atoms with Crippen molar-refractivity contribution in [3.05, 3.63) is 98.2 Å². The number of carbonyl (C=O) groups is 1. The highest BCUT2D eigenvalue weighted by Gasteiger charge is 2.20. The topological polar surface area (TPSA) is 78.1 Å². The van der Waals surface area contributed by atoms with Crippen LogP contribution in [-0.4, -0.2) is 32.4 Å². The predicted molar refractivity (Wildman–Crippen MR) is 166 cm³/mol. The lowest BCUT2D eigenvalue weighted by molar-refractivity contribution is -0.113. The van der Waals surface area contributed by atoms with Crippen LogP contribution in [0.2, 0.25) is 0 Å². The summed E-state index contributed by atoms with van der Waals surface area (Å²) < 4.78 is 9.90. The largest absolute Gasteiger partial charge is 0.494 e. The molecule has 3 aromatic carbocycles. The number of para-hydroxylation sites is 1. The summed E-state index contributed by atoms with van der Waals surface area (Å²) in [6, 6.07) is 22.9. The molecule has 0 saturated heterocycles. The Morgan fingerprint density at radius 1 is 1.00 bits per heavy atom. The Labute approximate surface area is 245 Å². The first-order valence-electron chi connectivity index (χ1n) is 12.9. The zero-order chi connectivity index (χ0) is 28.2. The summed E-state index contributed by atoms with van der Waals surface area (Å²) in [7, 11) is 0. The number of thiazole rings is 1. The number of ether oxygens (including phenoxy) is 1. The number of thioether (sulfide) groups is 1. The molecule has 7 nitrogen and oxygen atoms in total. The van der Waals surface area contributed by atoms with Crippen LogP contribution in [0.15, 0.2) is 82.7 Å². The fourth-order valence-electron chi connectivity index (χ4n) is 4.31. The van der Waals surface area contributed by atoms with Gasteiger partial charge in [-0.2, -0.15) is 0 Å². The molecule has 5 rings (SSSR count). The zero-order valence-electron chi connectivity index (χ0n) is 22.3. The van der Waals surface area contributed by atoms with Crippen molar-refractivity contribution in [2.75, 3.05) is 17.7 Å². The number of aryl methyl sites for hydroxylation is 2. The van der Waals surface area contributed by atoms with E-state index in [0.717, 1.165) is 34.7 Å². The lowest BCUT2D eigenvalue weighted by Crippen LogP contribution is -2.23. The predicted octanol–water partition coefficient (Wildman–Crippen LogP) is 6.97. The van der Waals surface area contributed by atoms with Gasteiger partial charge in [0.2, 0.25) is 5.91 Å². The molecular weight excluding hydrogens is 561 g/mol. The molecule has 0 radical (unpaired) electrons. The van der Waals surface area contributed by atoms with Crippen molar-refractivity contribution in [3.8, 4) is 17.1 Å². The van der Waals surface area contributed by atoms with Crippen LogP contribution in [0.5, 0.6) is 5.75 Å². The Kier molecular flexibility index (Phi) is 8.49. The van der Waals surface area contributed by atoms with Crippen molar-refractivity contribution in [2.24, 2.45) is 0 Å². The van der Waals surface area contributed by atoms with Gasteiger partial charge in [0.05, 0.1) is 18.0 Å². The van der Waals surface area contributed by atoms with Gasteiger partial charge in [0.15, 0.2) is 14.8 Å². The molecule has 1 N–H and O–H groups in total. The number of hydrogen-bond donors (Lipinski definition) is 1. The summed E-state index contributed by atoms with van der Waals surface area (Å²) in [5.74, 6) is 0.652. The number of fused-ring (bicyclic) bond motifs is 1. The molecule has 1 amide bonds. The third-order valence-corrected chi connectivity index (χ3v) is 8.57. The van der Waals surface area contributed by atoms with E-state index >= 15 is 0 Å². The average Bonchev–Trinajstić information content (AvgIpc) is 3.29. The number of benzene rings is 3. The Morgan fingerprint density at radius 3 is 2.38 bits per heavy atom. The minimum absolute atomic E-state index is 0.0791. The van der Waals surface area contributed by atoms with Crippen LogP contribution >= 0.6 is 35.3 Å². The molecule has 204 valence electrons. The first kappa shape index (κ1) is 27.8. The van der Waals surface area contributed by atoms with E-state index in [-0.39, 0.29) is 17.2 Å². The van der Waals surface area contributed by atoms with Gasteiger partial charge in [-0.05, 0) is 80.5 Å². The summed E-state index contributed by atoms with van der Waals surface area (Å²) in [4.78, 5) is 31.8. The van der Waals surface area contributed by atoms with Gasteiger partial charge in [0, 0.05) is 11.4 Å². The molecule has 0 aliphatic carbocycles. The normalized spacial score (nSPS) is 11.1. The van der Waals surface area contributed by atoms with Crippen LogP contribution in [0.3, 0.4) is 0 Å². The van der Waals surface area contributed by atoms with E-state index in [1.54, 1.807) is 9.13 Å². The van der Waals surface area contributed by atoms with E-state index in [1.165, 1.54) is 23.1 Å². The van der Waals surface area contributed by atoms with Crippen molar-refractivity contribution in [1.82, 2.24) is 14.1 Å². The zero-order valence-corrected chi connectivity index (χ0v) is 24.8. The molecule has 0 bridgehead atoms. The van der Waals surface area contributed by atoms with Gasteiger partial charge < -0.3 is 10.1 Å². The highest BCUT2D eigenvalue weighted by Crippen LogP contribution is 2.28. The van der Waals surface area contributed by atoms with Crippen molar-refractivity contribution in [3.63, 3.8) is 0 Å². The van der Waals surface area contributed by atoms with Crippen molar-refractivity contribution < 1.29 is 9.53 Å². The lowest BCUT2D eigenvalue weighted by Gasteiger charge is -2.14. The van der Waals surface area contributed by atoms with Gasteiger partial charge in [-0.25, -0.2) is 4.98 Å². The molecule has 0 spiro atoms. The quantitative estimate of drug-likeness (QED) is 0.114. The molecule has 0 aliphatic rings. The monoisotopic (exact) mass is 588 g/mol. The molecule has 2 heterocycles. The summed E-state index contributed by atoms with van der Waals surface area (Å²) >= 11 is 8.14. The molecule has 0 aliphatic heterocycles. The highest BCUT2D eigenvalue weighted by atomic mass is 32.2. The summed E-state index contributed by atoms with van der Waals surface area (Å²) in [6.07, 6.45) is 0.807. The van der Waals surface area contributed by atoms with Crippen LogP contribution in [0.1, 0.15) is 25.0 Å². The van der Waals surface area contributed by atoms with Gasteiger partial charge in [-0.3, -0.25) is 18.7 Å². The van der Waals surface area contributed by atoms with E-state index in [4.69, 9.17) is 21.9 Å². The third-order valence-electron chi connectivity index (χ3n) is 6.28. The van der Waals surface area contributed by atoms with Gasteiger partial charge in [0.1, 0.15) is 10.4 Å². The number of hydrogen-bond acceptors (Lipinski definition) is 7. The minimum atomic E-state index is -0.228. The second kappa shape index (κ2) is 12.2. The fraction of sp³-hybridized carbons (Fsp3) is 0.200. The van der Waals surface area contributed by atoms with Crippen LogP contribution in [-0.2, 0) is 11.2 Å². The summed E-state index contributed by atoms with van der Waals surface area (Å²) in [5, 5.41) is 3.41. The molecule has 0 saturated carbocycles. The van der Waals surface area contributed by atoms with Crippen molar-refractivity contribution >= 4 is 57.3 Å². The Morgan fingerprint density at radius 2 is 1.68 bits per heavy atom. The van der Waals surface area contributed by atoms with Gasteiger partial charge in [-0.15, -0.1) is 0 Å². The Hall–Kier alpha value is -3.73. The number of amides is 1. The van der Waals surface area contributed by atoms with E-state index in [2.05, 4.69) is 5.32 Å². The molecule has 10 heteroatoms. The van der Waals surface area contributed by atoms with Crippen molar-refractivity contribution in [1.29, 1.82) is 0 Å². The number of rotatable bonds is 9. The SMILES string of the molecule is CCOc1ccc(-n2c(=S)sc3c(=O)n(-c4ccc(C)cc4)c(SCC(=O)Nc4ccccc4CC)nc32)cc1. The fourth-order valence-corrected chi connectivity index (χ4v) is 6.41. The van der Waals surface area contributed by atoms with Gasteiger partial charge in [-0.1, -0.05) is 65.9 Å².